The van der Waals surface area contributed by atoms with Crippen molar-refractivity contribution in [1.82, 2.24) is 0 Å². The Hall–Kier alpha value is -0.680. The molecule has 0 aliphatic rings. The molecule has 5 heteroatoms. The van der Waals surface area contributed by atoms with Crippen LogP contribution in [-0.4, -0.2) is 23.2 Å². The van der Waals surface area contributed by atoms with E-state index < -0.39 is 10.8 Å². The largest absolute Gasteiger partial charge is 0.465 e. The standard InChI is InChI=1S/C9H9BrO3S/c1-2-13-9(12)7(10)8(11)6-4-3-5-14-6/h3-5,7H,2H2,1H3. The van der Waals surface area contributed by atoms with Gasteiger partial charge in [0.1, 0.15) is 0 Å². The van der Waals surface area contributed by atoms with Crippen molar-refractivity contribution in [3.05, 3.63) is 22.4 Å². The zero-order valence-corrected chi connectivity index (χ0v) is 9.93. The van der Waals surface area contributed by atoms with Crippen molar-refractivity contribution in [1.29, 1.82) is 0 Å². The highest BCUT2D eigenvalue weighted by Gasteiger charge is 2.26. The average Bonchev–Trinajstić information content (AvgIpc) is 2.68. The van der Waals surface area contributed by atoms with Gasteiger partial charge < -0.3 is 4.74 Å². The van der Waals surface area contributed by atoms with Gasteiger partial charge in [-0.05, 0) is 18.4 Å². The summed E-state index contributed by atoms with van der Waals surface area (Å²) in [5.74, 6) is -0.788. The molecule has 14 heavy (non-hydrogen) atoms. The van der Waals surface area contributed by atoms with Crippen LogP contribution in [0.2, 0.25) is 0 Å². The third kappa shape index (κ3) is 2.65. The summed E-state index contributed by atoms with van der Waals surface area (Å²) in [6, 6.07) is 3.45. The summed E-state index contributed by atoms with van der Waals surface area (Å²) >= 11 is 4.32. The normalized spacial score (nSPS) is 12.1. The molecule has 0 N–H and O–H groups in total. The number of rotatable bonds is 4. The first-order valence-electron chi connectivity index (χ1n) is 4.05. The topological polar surface area (TPSA) is 43.4 Å². The first-order valence-corrected chi connectivity index (χ1v) is 5.84. The fourth-order valence-electron chi connectivity index (χ4n) is 0.866. The molecule has 1 atom stereocenters. The van der Waals surface area contributed by atoms with Crippen LogP contribution in [0.15, 0.2) is 17.5 Å². The lowest BCUT2D eigenvalue weighted by molar-refractivity contribution is -0.141. The van der Waals surface area contributed by atoms with E-state index in [0.29, 0.717) is 4.88 Å². The van der Waals surface area contributed by atoms with Crippen LogP contribution in [0, 0.1) is 0 Å². The summed E-state index contributed by atoms with van der Waals surface area (Å²) in [5.41, 5.74) is 0. The minimum atomic E-state index is -0.888. The second-order valence-electron chi connectivity index (χ2n) is 2.46. The van der Waals surface area contributed by atoms with Crippen LogP contribution in [0.4, 0.5) is 0 Å². The number of carbonyl (C=O) groups excluding carboxylic acids is 2. The summed E-state index contributed by atoms with van der Waals surface area (Å²) < 4.78 is 4.72. The van der Waals surface area contributed by atoms with Crippen molar-refractivity contribution >= 4 is 39.0 Å². The van der Waals surface area contributed by atoms with Crippen LogP contribution in [0.1, 0.15) is 16.6 Å². The smallest absolute Gasteiger partial charge is 0.327 e. The number of hydrogen-bond donors (Lipinski definition) is 0. The van der Waals surface area contributed by atoms with E-state index in [0.717, 1.165) is 0 Å². The summed E-state index contributed by atoms with van der Waals surface area (Å²) in [5, 5.41) is 1.79. The Kier molecular flexibility index (Phi) is 4.28. The molecule has 76 valence electrons. The minimum Gasteiger partial charge on any atom is -0.465 e. The maximum Gasteiger partial charge on any atom is 0.327 e. The number of halogens is 1. The van der Waals surface area contributed by atoms with Crippen molar-refractivity contribution in [3.8, 4) is 0 Å². The lowest BCUT2D eigenvalue weighted by Gasteiger charge is -2.05. The second-order valence-corrected chi connectivity index (χ2v) is 4.32. The highest BCUT2D eigenvalue weighted by molar-refractivity contribution is 9.10. The van der Waals surface area contributed by atoms with E-state index in [1.54, 1.807) is 24.4 Å². The molecule has 0 bridgehead atoms. The fourth-order valence-corrected chi connectivity index (χ4v) is 2.09. The number of ketones is 1. The van der Waals surface area contributed by atoms with Crippen molar-refractivity contribution in [2.45, 2.75) is 11.8 Å². The molecule has 1 rings (SSSR count). The lowest BCUT2D eigenvalue weighted by Crippen LogP contribution is -2.25. The Morgan fingerprint density at radius 1 is 1.64 bits per heavy atom. The maximum absolute atomic E-state index is 11.6. The highest BCUT2D eigenvalue weighted by atomic mass is 79.9. The number of ether oxygens (including phenoxy) is 1. The molecule has 3 nitrogen and oxygen atoms in total. The molecule has 0 radical (unpaired) electrons. The fraction of sp³-hybridized carbons (Fsp3) is 0.333. The Morgan fingerprint density at radius 2 is 2.36 bits per heavy atom. The van der Waals surface area contributed by atoms with Crippen LogP contribution < -0.4 is 0 Å². The molecule has 0 aromatic carbocycles. The van der Waals surface area contributed by atoms with Crippen molar-refractivity contribution in [2.75, 3.05) is 6.61 Å². The van der Waals surface area contributed by atoms with Crippen LogP contribution in [0.3, 0.4) is 0 Å². The van der Waals surface area contributed by atoms with Crippen LogP contribution in [0.25, 0.3) is 0 Å². The van der Waals surface area contributed by atoms with Gasteiger partial charge in [0.25, 0.3) is 0 Å². The van der Waals surface area contributed by atoms with Gasteiger partial charge in [-0.2, -0.15) is 0 Å². The van der Waals surface area contributed by atoms with Crippen LogP contribution in [-0.2, 0) is 9.53 Å². The monoisotopic (exact) mass is 276 g/mol. The number of esters is 1. The van der Waals surface area contributed by atoms with Gasteiger partial charge >= 0.3 is 5.97 Å². The van der Waals surface area contributed by atoms with Crippen molar-refractivity contribution < 1.29 is 14.3 Å². The van der Waals surface area contributed by atoms with E-state index in [9.17, 15) is 9.59 Å². The van der Waals surface area contributed by atoms with Gasteiger partial charge in [0.15, 0.2) is 10.6 Å². The van der Waals surface area contributed by atoms with Gasteiger partial charge in [-0.25, -0.2) is 0 Å². The van der Waals surface area contributed by atoms with E-state index in [1.807, 2.05) is 0 Å². The molecule has 1 heterocycles. The van der Waals surface area contributed by atoms with E-state index in [2.05, 4.69) is 15.9 Å². The molecule has 0 saturated heterocycles. The molecular weight excluding hydrogens is 268 g/mol. The van der Waals surface area contributed by atoms with E-state index in [4.69, 9.17) is 4.74 Å². The lowest BCUT2D eigenvalue weighted by atomic mass is 10.2. The Morgan fingerprint density at radius 3 is 2.86 bits per heavy atom. The summed E-state index contributed by atoms with van der Waals surface area (Å²) in [6.07, 6.45) is 0. The first kappa shape index (κ1) is 11.4. The zero-order chi connectivity index (χ0) is 10.6. The molecule has 0 aliphatic carbocycles. The van der Waals surface area contributed by atoms with Crippen molar-refractivity contribution in [3.63, 3.8) is 0 Å². The van der Waals surface area contributed by atoms with E-state index in [-0.39, 0.29) is 12.4 Å². The van der Waals surface area contributed by atoms with Crippen LogP contribution in [0.5, 0.6) is 0 Å². The van der Waals surface area contributed by atoms with Crippen LogP contribution >= 0.6 is 27.3 Å². The third-order valence-electron chi connectivity index (χ3n) is 1.49. The Labute approximate surface area is 94.2 Å². The SMILES string of the molecule is CCOC(=O)C(Br)C(=O)c1cccs1. The first-order chi connectivity index (χ1) is 6.66. The molecular formula is C9H9BrO3S. The predicted octanol–water partition coefficient (Wildman–Crippen LogP) is 2.26. The summed E-state index contributed by atoms with van der Waals surface area (Å²) in [4.78, 5) is 22.4. The van der Waals surface area contributed by atoms with E-state index >= 15 is 0 Å². The number of alkyl halides is 1. The van der Waals surface area contributed by atoms with Gasteiger partial charge in [-0.1, -0.05) is 22.0 Å². The highest BCUT2D eigenvalue weighted by Crippen LogP contribution is 2.16. The van der Waals surface area contributed by atoms with Gasteiger partial charge in [-0.15, -0.1) is 11.3 Å². The average molecular weight is 277 g/mol. The number of hydrogen-bond acceptors (Lipinski definition) is 4. The molecule has 0 aliphatic heterocycles. The molecule has 0 spiro atoms. The Balaban J connectivity index is 2.66. The van der Waals surface area contributed by atoms with Crippen molar-refractivity contribution in [2.24, 2.45) is 0 Å². The predicted molar refractivity (Wildman–Crippen MR) is 58.0 cm³/mol. The molecule has 1 aromatic heterocycles. The molecule has 0 saturated carbocycles. The van der Waals surface area contributed by atoms with E-state index in [1.165, 1.54) is 11.3 Å². The third-order valence-corrected chi connectivity index (χ3v) is 3.16. The molecule has 0 amide bonds. The number of thiophene rings is 1. The number of carbonyl (C=O) groups is 2. The number of Topliss-reactive ketones (excluding diaryl/α,β-unsaturated/α-hetero) is 1. The Bertz CT molecular complexity index is 321. The molecule has 0 fully saturated rings. The molecule has 1 aromatic rings. The maximum atomic E-state index is 11.6. The zero-order valence-electron chi connectivity index (χ0n) is 7.53. The van der Waals surface area contributed by atoms with Gasteiger partial charge in [0, 0.05) is 0 Å². The van der Waals surface area contributed by atoms with Gasteiger partial charge in [0.2, 0.25) is 0 Å². The second kappa shape index (κ2) is 5.26. The van der Waals surface area contributed by atoms with Gasteiger partial charge in [-0.3, -0.25) is 9.59 Å². The summed E-state index contributed by atoms with van der Waals surface area (Å²) in [6.45, 7) is 1.98. The minimum absolute atomic E-state index is 0.251. The molecule has 1 unspecified atom stereocenters. The van der Waals surface area contributed by atoms with Gasteiger partial charge in [0.05, 0.1) is 11.5 Å². The quantitative estimate of drug-likeness (QED) is 0.367. The summed E-state index contributed by atoms with van der Waals surface area (Å²) in [7, 11) is 0.